The van der Waals surface area contributed by atoms with Gasteiger partial charge < -0.3 is 4.89 Å². The van der Waals surface area contributed by atoms with Gasteiger partial charge in [0.1, 0.15) is 0 Å². The van der Waals surface area contributed by atoms with Crippen LogP contribution < -0.4 is 5.50 Å². The van der Waals surface area contributed by atoms with E-state index < -0.39 is 14.1 Å². The lowest BCUT2D eigenvalue weighted by Crippen LogP contribution is -2.50. The standard InChI is InChI=1S/C9H19ClN3O2P/c1-8(2)13(15-16(12)14)9(3,7-10)5-4-6-11/h8,14H,4-5,7,12H2,1-3H3. The molecular weight excluding hydrogens is 249 g/mol. The van der Waals surface area contributed by atoms with Gasteiger partial charge in [-0.05, 0) is 27.2 Å². The molecule has 94 valence electrons. The summed E-state index contributed by atoms with van der Waals surface area (Å²) in [6, 6.07) is 2.09. The quantitative estimate of drug-likeness (QED) is 0.419. The molecule has 0 aliphatic heterocycles. The Morgan fingerprint density at radius 2 is 2.25 bits per heavy atom. The van der Waals surface area contributed by atoms with E-state index in [-0.39, 0.29) is 6.04 Å². The van der Waals surface area contributed by atoms with Crippen molar-refractivity contribution in [2.24, 2.45) is 5.50 Å². The number of nitrogens with zero attached hydrogens (tertiary/aromatic N) is 2. The van der Waals surface area contributed by atoms with Gasteiger partial charge >= 0.3 is 0 Å². The molecule has 0 aromatic carbocycles. The maximum atomic E-state index is 9.13. The molecule has 0 amide bonds. The third-order valence-electron chi connectivity index (χ3n) is 2.24. The number of nitrogens with two attached hydrogens (primary N) is 1. The average molecular weight is 268 g/mol. The molecule has 16 heavy (non-hydrogen) atoms. The van der Waals surface area contributed by atoms with E-state index >= 15 is 0 Å². The summed E-state index contributed by atoms with van der Waals surface area (Å²) in [5, 5.41) is 10.2. The Morgan fingerprint density at radius 1 is 1.69 bits per heavy atom. The molecule has 0 fully saturated rings. The smallest absolute Gasteiger partial charge is 0.268 e. The highest BCUT2D eigenvalue weighted by molar-refractivity contribution is 7.43. The lowest BCUT2D eigenvalue weighted by atomic mass is 9.97. The van der Waals surface area contributed by atoms with Gasteiger partial charge in [0.15, 0.2) is 0 Å². The first kappa shape index (κ1) is 16.1. The van der Waals surface area contributed by atoms with E-state index in [1.165, 1.54) is 0 Å². The van der Waals surface area contributed by atoms with Crippen LogP contribution >= 0.6 is 20.1 Å². The Morgan fingerprint density at radius 3 is 2.56 bits per heavy atom. The van der Waals surface area contributed by atoms with Crippen molar-refractivity contribution in [3.63, 3.8) is 0 Å². The molecule has 0 aromatic rings. The van der Waals surface area contributed by atoms with Crippen LogP contribution in [0.25, 0.3) is 0 Å². The number of halogens is 1. The molecule has 3 N–H and O–H groups in total. The van der Waals surface area contributed by atoms with Crippen molar-refractivity contribution in [1.82, 2.24) is 5.06 Å². The zero-order valence-corrected chi connectivity index (χ0v) is 11.5. The van der Waals surface area contributed by atoms with Crippen molar-refractivity contribution in [1.29, 1.82) is 5.26 Å². The second-order valence-corrected chi connectivity index (χ2v) is 5.13. The van der Waals surface area contributed by atoms with Gasteiger partial charge in [0.2, 0.25) is 0 Å². The second kappa shape index (κ2) is 7.39. The van der Waals surface area contributed by atoms with E-state index in [1.807, 2.05) is 20.8 Å². The Bertz CT molecular complexity index is 247. The lowest BCUT2D eigenvalue weighted by Gasteiger charge is -2.41. The summed E-state index contributed by atoms with van der Waals surface area (Å²) < 4.78 is 5.20. The first-order valence-corrected chi connectivity index (χ1v) is 6.83. The normalized spacial score (nSPS) is 17.2. The molecule has 0 aliphatic rings. The minimum Gasteiger partial charge on any atom is -0.337 e. The fourth-order valence-corrected chi connectivity index (χ4v) is 2.28. The van der Waals surface area contributed by atoms with E-state index in [4.69, 9.17) is 31.9 Å². The molecule has 7 heteroatoms. The SMILES string of the molecule is CC(C)N(OP(N)O)C(C)(CCl)CCC#N. The molecule has 2 unspecified atom stereocenters. The van der Waals surface area contributed by atoms with Crippen LogP contribution in [-0.2, 0) is 4.62 Å². The molecule has 0 aliphatic carbocycles. The predicted molar refractivity (Wildman–Crippen MR) is 65.4 cm³/mol. The highest BCUT2D eigenvalue weighted by Gasteiger charge is 2.35. The maximum absolute atomic E-state index is 9.13. The molecule has 0 bridgehead atoms. The third kappa shape index (κ3) is 4.92. The molecule has 0 saturated heterocycles. The number of alkyl halides is 1. The molecule has 5 nitrogen and oxygen atoms in total. The topological polar surface area (TPSA) is 82.5 Å². The van der Waals surface area contributed by atoms with Crippen molar-refractivity contribution in [2.75, 3.05) is 5.88 Å². The summed E-state index contributed by atoms with van der Waals surface area (Å²) in [6.45, 7) is 5.71. The Kier molecular flexibility index (Phi) is 7.41. The molecular formula is C9H19ClN3O2P. The predicted octanol–water partition coefficient (Wildman–Crippen LogP) is 2.11. The molecule has 2 atom stereocenters. The van der Waals surface area contributed by atoms with Crippen molar-refractivity contribution < 1.29 is 9.52 Å². The van der Waals surface area contributed by atoms with E-state index in [2.05, 4.69) is 6.07 Å². The number of hydrogen-bond acceptors (Lipinski definition) is 5. The highest BCUT2D eigenvalue weighted by atomic mass is 35.5. The van der Waals surface area contributed by atoms with Gasteiger partial charge in [-0.15, -0.1) is 11.6 Å². The maximum Gasteiger partial charge on any atom is 0.268 e. The van der Waals surface area contributed by atoms with Crippen molar-refractivity contribution in [3.05, 3.63) is 0 Å². The molecule has 0 aromatic heterocycles. The number of nitriles is 1. The van der Waals surface area contributed by atoms with Crippen molar-refractivity contribution in [3.8, 4) is 6.07 Å². The highest BCUT2D eigenvalue weighted by Crippen LogP contribution is 2.33. The summed E-state index contributed by atoms with van der Waals surface area (Å²) in [5.74, 6) is 0.302. The summed E-state index contributed by atoms with van der Waals surface area (Å²) in [4.78, 5) is 9.13. The lowest BCUT2D eigenvalue weighted by molar-refractivity contribution is -0.156. The molecule has 0 rings (SSSR count). The van der Waals surface area contributed by atoms with Crippen LogP contribution in [0.15, 0.2) is 0 Å². The van der Waals surface area contributed by atoms with Crippen LogP contribution in [0.2, 0.25) is 0 Å². The number of hydroxylamine groups is 2. The molecule has 0 radical (unpaired) electrons. The van der Waals surface area contributed by atoms with Crippen LogP contribution in [0.1, 0.15) is 33.6 Å². The van der Waals surface area contributed by atoms with E-state index in [0.29, 0.717) is 18.7 Å². The van der Waals surface area contributed by atoms with E-state index in [9.17, 15) is 0 Å². The summed E-state index contributed by atoms with van der Waals surface area (Å²) >= 11 is 5.92. The first-order chi connectivity index (χ1) is 7.37. The van der Waals surface area contributed by atoms with Crippen molar-refractivity contribution in [2.45, 2.75) is 45.2 Å². The summed E-state index contributed by atoms with van der Waals surface area (Å²) in [6.07, 6.45) is 0.943. The van der Waals surface area contributed by atoms with E-state index in [0.717, 1.165) is 0 Å². The zero-order valence-electron chi connectivity index (χ0n) is 9.85. The number of hydrogen-bond donors (Lipinski definition) is 2. The first-order valence-electron chi connectivity index (χ1n) is 5.01. The summed E-state index contributed by atoms with van der Waals surface area (Å²) in [5.41, 5.74) is 4.75. The zero-order chi connectivity index (χ0) is 12.8. The second-order valence-electron chi connectivity index (χ2n) is 4.09. The van der Waals surface area contributed by atoms with Gasteiger partial charge in [0, 0.05) is 18.3 Å². The minimum absolute atomic E-state index is 0.0168. The van der Waals surface area contributed by atoms with Crippen LogP contribution in [0.4, 0.5) is 0 Å². The van der Waals surface area contributed by atoms with E-state index in [1.54, 1.807) is 5.06 Å². The van der Waals surface area contributed by atoms with Gasteiger partial charge in [0.05, 0.1) is 11.6 Å². The molecule has 0 saturated carbocycles. The molecule has 0 heterocycles. The van der Waals surface area contributed by atoms with Crippen LogP contribution in [0.5, 0.6) is 0 Å². The monoisotopic (exact) mass is 267 g/mol. The van der Waals surface area contributed by atoms with Gasteiger partial charge in [-0.25, -0.2) is 4.62 Å². The van der Waals surface area contributed by atoms with Gasteiger partial charge in [-0.3, -0.25) is 5.50 Å². The fraction of sp³-hybridized carbons (Fsp3) is 0.889. The Balaban J connectivity index is 4.75. The minimum atomic E-state index is -1.97. The van der Waals surface area contributed by atoms with Gasteiger partial charge in [-0.2, -0.15) is 10.3 Å². The number of rotatable bonds is 7. The molecule has 0 spiro atoms. The largest absolute Gasteiger partial charge is 0.337 e. The van der Waals surface area contributed by atoms with Gasteiger partial charge in [0.25, 0.3) is 8.53 Å². The average Bonchev–Trinajstić information content (AvgIpc) is 2.22. The van der Waals surface area contributed by atoms with Crippen LogP contribution in [0, 0.1) is 11.3 Å². The Labute approximate surface area is 103 Å². The van der Waals surface area contributed by atoms with Crippen LogP contribution in [-0.4, -0.2) is 27.4 Å². The summed E-state index contributed by atoms with van der Waals surface area (Å²) in [7, 11) is -1.97. The third-order valence-corrected chi connectivity index (χ3v) is 3.15. The van der Waals surface area contributed by atoms with Crippen molar-refractivity contribution >= 4 is 20.1 Å². The fourth-order valence-electron chi connectivity index (χ4n) is 1.47. The van der Waals surface area contributed by atoms with Gasteiger partial charge in [-0.1, -0.05) is 0 Å². The van der Waals surface area contributed by atoms with Crippen LogP contribution in [0.3, 0.4) is 0 Å². The Hall–Kier alpha value is 0.0500.